The predicted molar refractivity (Wildman–Crippen MR) is 99.7 cm³/mol. The second-order valence-corrected chi connectivity index (χ2v) is 6.85. The topological polar surface area (TPSA) is 70.0 Å². The fourth-order valence-electron chi connectivity index (χ4n) is 3.70. The zero-order valence-electron chi connectivity index (χ0n) is 14.9. The third-order valence-corrected chi connectivity index (χ3v) is 4.83. The molecule has 3 aromatic heterocycles. The molecular formula is C19H25N5O. The van der Waals surface area contributed by atoms with Crippen LogP contribution in [-0.2, 0) is 0 Å². The van der Waals surface area contributed by atoms with Crippen LogP contribution in [0.5, 0.6) is 0 Å². The molecule has 4 rings (SSSR count). The Morgan fingerprint density at radius 2 is 2.28 bits per heavy atom. The van der Waals surface area contributed by atoms with E-state index >= 15 is 0 Å². The fourth-order valence-corrected chi connectivity index (χ4v) is 3.70. The van der Waals surface area contributed by atoms with Gasteiger partial charge in [-0.15, -0.1) is 0 Å². The van der Waals surface area contributed by atoms with Gasteiger partial charge in [-0.1, -0.05) is 6.92 Å². The molecule has 132 valence electrons. The molecule has 4 heterocycles. The number of fused-ring (bicyclic) bond motifs is 1. The van der Waals surface area contributed by atoms with Crippen molar-refractivity contribution in [3.63, 3.8) is 0 Å². The van der Waals surface area contributed by atoms with Gasteiger partial charge in [-0.05, 0) is 45.3 Å². The summed E-state index contributed by atoms with van der Waals surface area (Å²) in [6.45, 7) is 7.60. The van der Waals surface area contributed by atoms with Gasteiger partial charge >= 0.3 is 0 Å². The molecule has 6 heteroatoms. The van der Waals surface area contributed by atoms with Crippen molar-refractivity contribution in [3.05, 3.63) is 30.4 Å². The highest BCUT2D eigenvalue weighted by Gasteiger charge is 2.22. The molecule has 0 spiro atoms. The van der Waals surface area contributed by atoms with Gasteiger partial charge in [0.2, 0.25) is 5.89 Å². The number of rotatable bonds is 5. The molecule has 1 fully saturated rings. The number of anilines is 1. The number of aryl methyl sites for hydroxylation is 1. The summed E-state index contributed by atoms with van der Waals surface area (Å²) >= 11 is 0. The van der Waals surface area contributed by atoms with Gasteiger partial charge in [0.1, 0.15) is 11.4 Å². The van der Waals surface area contributed by atoms with E-state index in [0.29, 0.717) is 11.9 Å². The van der Waals surface area contributed by atoms with E-state index in [-0.39, 0.29) is 0 Å². The molecular weight excluding hydrogens is 314 g/mol. The summed E-state index contributed by atoms with van der Waals surface area (Å²) in [6, 6.07) is 2.49. The van der Waals surface area contributed by atoms with E-state index in [1.807, 2.05) is 19.3 Å². The number of H-pyrrole nitrogens is 1. The Labute approximate surface area is 147 Å². The van der Waals surface area contributed by atoms with Crippen molar-refractivity contribution in [2.75, 3.05) is 25.0 Å². The monoisotopic (exact) mass is 339 g/mol. The number of piperidine rings is 1. The van der Waals surface area contributed by atoms with Crippen molar-refractivity contribution in [2.45, 2.75) is 39.2 Å². The smallest absolute Gasteiger partial charge is 0.229 e. The van der Waals surface area contributed by atoms with Gasteiger partial charge in [-0.2, -0.15) is 0 Å². The fraction of sp³-hybridized carbons (Fsp3) is 0.474. The molecule has 0 aliphatic carbocycles. The van der Waals surface area contributed by atoms with Crippen LogP contribution in [0.25, 0.3) is 22.5 Å². The van der Waals surface area contributed by atoms with Crippen molar-refractivity contribution in [1.29, 1.82) is 0 Å². The molecule has 0 unspecified atom stereocenters. The van der Waals surface area contributed by atoms with Crippen LogP contribution in [0.1, 0.15) is 31.9 Å². The van der Waals surface area contributed by atoms with E-state index in [1.165, 1.54) is 32.4 Å². The van der Waals surface area contributed by atoms with E-state index < -0.39 is 0 Å². The minimum absolute atomic E-state index is 0.426. The molecule has 0 radical (unpaired) electrons. The van der Waals surface area contributed by atoms with Gasteiger partial charge < -0.3 is 19.6 Å². The molecule has 0 bridgehead atoms. The summed E-state index contributed by atoms with van der Waals surface area (Å²) in [4.78, 5) is 14.7. The third-order valence-electron chi connectivity index (χ3n) is 4.83. The summed E-state index contributed by atoms with van der Waals surface area (Å²) in [7, 11) is 0. The Kier molecular flexibility index (Phi) is 4.44. The minimum Gasteiger partial charge on any atom is -0.441 e. The van der Waals surface area contributed by atoms with E-state index in [2.05, 4.69) is 38.2 Å². The van der Waals surface area contributed by atoms with Gasteiger partial charge in [0.15, 0.2) is 0 Å². The number of oxazole rings is 1. The number of likely N-dealkylation sites (tertiary alicyclic amines) is 1. The molecule has 0 saturated carbocycles. The molecule has 1 saturated heterocycles. The SMILES string of the molecule is CCCN1CCC[C@@H](Nc2c(-c3ncc(C)o3)cnc3[nH]ccc23)C1. The van der Waals surface area contributed by atoms with Gasteiger partial charge in [0.25, 0.3) is 0 Å². The number of hydrogen-bond donors (Lipinski definition) is 2. The first kappa shape index (κ1) is 16.1. The first-order valence-corrected chi connectivity index (χ1v) is 9.12. The number of nitrogens with one attached hydrogen (secondary N) is 2. The first-order valence-electron chi connectivity index (χ1n) is 9.12. The van der Waals surface area contributed by atoms with Gasteiger partial charge in [-0.3, -0.25) is 0 Å². The largest absolute Gasteiger partial charge is 0.441 e. The highest BCUT2D eigenvalue weighted by molar-refractivity contribution is 5.97. The maximum absolute atomic E-state index is 5.77. The molecule has 0 amide bonds. The van der Waals surface area contributed by atoms with E-state index in [1.54, 1.807) is 6.20 Å². The molecule has 0 aromatic carbocycles. The van der Waals surface area contributed by atoms with Gasteiger partial charge in [-0.25, -0.2) is 9.97 Å². The summed E-state index contributed by atoms with van der Waals surface area (Å²) < 4.78 is 5.77. The zero-order chi connectivity index (χ0) is 17.2. The number of pyridine rings is 1. The van der Waals surface area contributed by atoms with Crippen molar-refractivity contribution in [2.24, 2.45) is 0 Å². The summed E-state index contributed by atoms with van der Waals surface area (Å²) in [5, 5.41) is 4.86. The van der Waals surface area contributed by atoms with Crippen LogP contribution in [0.3, 0.4) is 0 Å². The molecule has 1 aliphatic heterocycles. The van der Waals surface area contributed by atoms with Gasteiger partial charge in [0.05, 0.1) is 17.4 Å². The Bertz CT molecular complexity index is 850. The number of aromatic amines is 1. The van der Waals surface area contributed by atoms with Crippen LogP contribution in [-0.4, -0.2) is 45.5 Å². The van der Waals surface area contributed by atoms with Crippen LogP contribution < -0.4 is 5.32 Å². The Morgan fingerprint density at radius 1 is 1.36 bits per heavy atom. The molecule has 3 aromatic rings. The van der Waals surface area contributed by atoms with Crippen molar-refractivity contribution in [3.8, 4) is 11.5 Å². The summed E-state index contributed by atoms with van der Waals surface area (Å²) in [5.74, 6) is 1.43. The normalized spacial score (nSPS) is 18.7. The second kappa shape index (κ2) is 6.88. The maximum atomic E-state index is 5.77. The minimum atomic E-state index is 0.426. The van der Waals surface area contributed by atoms with E-state index in [9.17, 15) is 0 Å². The van der Waals surface area contributed by atoms with Crippen LogP contribution in [0.2, 0.25) is 0 Å². The summed E-state index contributed by atoms with van der Waals surface area (Å²) in [6.07, 6.45) is 9.14. The average Bonchev–Trinajstić information content (AvgIpc) is 3.25. The molecule has 6 nitrogen and oxygen atoms in total. The quantitative estimate of drug-likeness (QED) is 0.739. The lowest BCUT2D eigenvalue weighted by Gasteiger charge is -2.33. The standard InChI is InChI=1S/C19H25N5O/c1-3-8-24-9-4-5-14(12-24)23-17-15-6-7-20-18(15)21-11-16(17)19-22-10-13(2)25-19/h6-7,10-11,14H,3-5,8-9,12H2,1-2H3,(H2,20,21,23)/t14-/m1/s1. The highest BCUT2D eigenvalue weighted by Crippen LogP contribution is 2.34. The molecule has 25 heavy (non-hydrogen) atoms. The maximum Gasteiger partial charge on any atom is 0.229 e. The van der Waals surface area contributed by atoms with Crippen LogP contribution >= 0.6 is 0 Å². The third kappa shape index (κ3) is 3.26. The first-order chi connectivity index (χ1) is 12.2. The van der Waals surface area contributed by atoms with Crippen molar-refractivity contribution in [1.82, 2.24) is 19.9 Å². The number of nitrogens with zero attached hydrogens (tertiary/aromatic N) is 3. The van der Waals surface area contributed by atoms with E-state index in [4.69, 9.17) is 4.42 Å². The lowest BCUT2D eigenvalue weighted by molar-refractivity contribution is 0.217. The highest BCUT2D eigenvalue weighted by atomic mass is 16.4. The van der Waals surface area contributed by atoms with Crippen LogP contribution in [0.4, 0.5) is 5.69 Å². The Balaban J connectivity index is 1.68. The van der Waals surface area contributed by atoms with Crippen LogP contribution in [0.15, 0.2) is 29.1 Å². The van der Waals surface area contributed by atoms with Gasteiger partial charge in [0, 0.05) is 30.4 Å². The zero-order valence-corrected chi connectivity index (χ0v) is 14.9. The van der Waals surface area contributed by atoms with Crippen LogP contribution in [0, 0.1) is 6.92 Å². The van der Waals surface area contributed by atoms with E-state index in [0.717, 1.165) is 34.6 Å². The average molecular weight is 339 g/mol. The van der Waals surface area contributed by atoms with Crippen molar-refractivity contribution < 1.29 is 4.42 Å². The second-order valence-electron chi connectivity index (χ2n) is 6.85. The molecule has 1 aliphatic rings. The Hall–Kier alpha value is -2.34. The summed E-state index contributed by atoms with van der Waals surface area (Å²) in [5.41, 5.74) is 2.88. The number of aromatic nitrogens is 3. The number of hydrogen-bond acceptors (Lipinski definition) is 5. The van der Waals surface area contributed by atoms with Crippen molar-refractivity contribution >= 4 is 16.7 Å². The Morgan fingerprint density at radius 3 is 3.08 bits per heavy atom. The lowest BCUT2D eigenvalue weighted by atomic mass is 10.0. The molecule has 2 N–H and O–H groups in total. The predicted octanol–water partition coefficient (Wildman–Crippen LogP) is 3.81. The lowest BCUT2D eigenvalue weighted by Crippen LogP contribution is -2.42. The molecule has 1 atom stereocenters.